The van der Waals surface area contributed by atoms with E-state index in [0.717, 1.165) is 22.4 Å². The van der Waals surface area contributed by atoms with Crippen LogP contribution in [0.4, 0.5) is 5.69 Å². The maximum atomic E-state index is 12.2. The largest absolute Gasteiger partial charge is 0.500 e. The van der Waals surface area contributed by atoms with E-state index in [9.17, 15) is 20.0 Å². The third-order valence-electron chi connectivity index (χ3n) is 4.13. The van der Waals surface area contributed by atoms with Gasteiger partial charge in [-0.3, -0.25) is 14.9 Å². The molecule has 3 aromatic carbocycles. The number of phenols is 1. The molecule has 0 aliphatic carbocycles. The SMILES string of the molecule is COc1cc(/C=N/NC(=O)Cc2cccc3ccccc23)cc([N+](=O)[O-])c1O. The van der Waals surface area contributed by atoms with Crippen LogP contribution in [0.2, 0.25) is 0 Å². The quantitative estimate of drug-likeness (QED) is 0.388. The van der Waals surface area contributed by atoms with Crippen LogP contribution in [-0.2, 0) is 11.2 Å². The van der Waals surface area contributed by atoms with E-state index in [1.807, 2.05) is 42.5 Å². The molecule has 0 aliphatic rings. The molecule has 1 amide bonds. The summed E-state index contributed by atoms with van der Waals surface area (Å²) >= 11 is 0. The molecule has 0 unspecified atom stereocenters. The predicted octanol–water partition coefficient (Wildman–Crippen LogP) is 3.16. The lowest BCUT2D eigenvalue weighted by Crippen LogP contribution is -2.19. The smallest absolute Gasteiger partial charge is 0.315 e. The van der Waals surface area contributed by atoms with E-state index in [-0.39, 0.29) is 18.1 Å². The molecule has 0 atom stereocenters. The Kier molecular flexibility index (Phi) is 5.50. The Bertz CT molecular complexity index is 1070. The molecule has 0 aliphatic heterocycles. The van der Waals surface area contributed by atoms with Crippen molar-refractivity contribution in [3.63, 3.8) is 0 Å². The van der Waals surface area contributed by atoms with Gasteiger partial charge < -0.3 is 9.84 Å². The minimum atomic E-state index is -0.728. The number of carbonyl (C=O) groups excluding carboxylic acids is 1. The van der Waals surface area contributed by atoms with Crippen LogP contribution in [0, 0.1) is 10.1 Å². The highest BCUT2D eigenvalue weighted by Gasteiger charge is 2.19. The first-order valence-corrected chi connectivity index (χ1v) is 8.33. The number of hydrazone groups is 1. The fourth-order valence-electron chi connectivity index (χ4n) is 2.82. The zero-order valence-electron chi connectivity index (χ0n) is 15.0. The van der Waals surface area contributed by atoms with E-state index in [2.05, 4.69) is 10.5 Å². The molecule has 0 aromatic heterocycles. The van der Waals surface area contributed by atoms with Crippen molar-refractivity contribution in [2.24, 2.45) is 5.10 Å². The molecule has 3 rings (SSSR count). The summed E-state index contributed by atoms with van der Waals surface area (Å²) in [6.07, 6.45) is 1.38. The second-order valence-electron chi connectivity index (χ2n) is 5.96. The highest BCUT2D eigenvalue weighted by molar-refractivity contribution is 5.91. The van der Waals surface area contributed by atoms with Gasteiger partial charge >= 0.3 is 5.69 Å². The Morgan fingerprint density at radius 1 is 1.25 bits per heavy atom. The molecule has 0 fully saturated rings. The molecule has 3 aromatic rings. The number of nitrogens with zero attached hydrogens (tertiary/aromatic N) is 2. The van der Waals surface area contributed by atoms with Crippen LogP contribution in [-0.4, -0.2) is 29.3 Å². The van der Waals surface area contributed by atoms with Crippen molar-refractivity contribution in [1.29, 1.82) is 0 Å². The number of rotatable bonds is 6. The Balaban J connectivity index is 1.73. The van der Waals surface area contributed by atoms with Gasteiger partial charge in [-0.05, 0) is 22.4 Å². The van der Waals surface area contributed by atoms with Gasteiger partial charge in [0.2, 0.25) is 11.7 Å². The molecule has 28 heavy (non-hydrogen) atoms. The van der Waals surface area contributed by atoms with Crippen LogP contribution >= 0.6 is 0 Å². The fraction of sp³-hybridized carbons (Fsp3) is 0.100. The summed E-state index contributed by atoms with van der Waals surface area (Å²) in [5, 5.41) is 26.6. The molecule has 0 bridgehead atoms. The van der Waals surface area contributed by atoms with Gasteiger partial charge in [0, 0.05) is 11.6 Å². The van der Waals surface area contributed by atoms with Crippen molar-refractivity contribution >= 4 is 28.6 Å². The zero-order valence-corrected chi connectivity index (χ0v) is 15.0. The first-order chi connectivity index (χ1) is 13.5. The van der Waals surface area contributed by atoms with E-state index in [4.69, 9.17) is 4.74 Å². The number of hydrogen-bond acceptors (Lipinski definition) is 6. The summed E-state index contributed by atoms with van der Waals surface area (Å²) in [7, 11) is 1.28. The van der Waals surface area contributed by atoms with Gasteiger partial charge in [-0.25, -0.2) is 5.43 Å². The van der Waals surface area contributed by atoms with Gasteiger partial charge in [-0.15, -0.1) is 0 Å². The minimum absolute atomic E-state index is 0.0577. The molecule has 8 nitrogen and oxygen atoms in total. The van der Waals surface area contributed by atoms with Gasteiger partial charge in [0.25, 0.3) is 0 Å². The number of fused-ring (bicyclic) bond motifs is 1. The molecular weight excluding hydrogens is 362 g/mol. The number of benzene rings is 3. The third kappa shape index (κ3) is 4.07. The molecule has 2 N–H and O–H groups in total. The van der Waals surface area contributed by atoms with Crippen LogP contribution in [0.5, 0.6) is 11.5 Å². The Labute approximate surface area is 160 Å². The normalized spacial score (nSPS) is 10.9. The second kappa shape index (κ2) is 8.17. The van der Waals surface area contributed by atoms with Crippen molar-refractivity contribution in [3.05, 3.63) is 75.8 Å². The second-order valence-corrected chi connectivity index (χ2v) is 5.96. The third-order valence-corrected chi connectivity index (χ3v) is 4.13. The summed E-state index contributed by atoms with van der Waals surface area (Å²) < 4.78 is 4.92. The number of hydrogen-bond donors (Lipinski definition) is 2. The average molecular weight is 379 g/mol. The van der Waals surface area contributed by atoms with Crippen molar-refractivity contribution in [2.75, 3.05) is 7.11 Å². The average Bonchev–Trinajstić information content (AvgIpc) is 2.69. The van der Waals surface area contributed by atoms with Crippen molar-refractivity contribution in [1.82, 2.24) is 5.43 Å². The first-order valence-electron chi connectivity index (χ1n) is 8.33. The van der Waals surface area contributed by atoms with Crippen LogP contribution in [0.1, 0.15) is 11.1 Å². The van der Waals surface area contributed by atoms with E-state index in [0.29, 0.717) is 5.56 Å². The minimum Gasteiger partial charge on any atom is -0.500 e. The standard InChI is InChI=1S/C20H17N3O5/c1-28-18-10-13(9-17(20(18)25)23(26)27)12-21-22-19(24)11-15-7-4-6-14-5-2-3-8-16(14)15/h2-10,12,25H,11H2,1H3,(H,22,24)/b21-12+. The van der Waals surface area contributed by atoms with Crippen LogP contribution < -0.4 is 10.2 Å². The zero-order chi connectivity index (χ0) is 20.1. The maximum Gasteiger partial charge on any atom is 0.315 e. The number of methoxy groups -OCH3 is 1. The Morgan fingerprint density at radius 2 is 2.00 bits per heavy atom. The van der Waals surface area contributed by atoms with E-state index < -0.39 is 16.4 Å². The van der Waals surface area contributed by atoms with Crippen molar-refractivity contribution in [2.45, 2.75) is 6.42 Å². The first kappa shape index (κ1) is 18.8. The number of nitrogens with one attached hydrogen (secondary N) is 1. The summed E-state index contributed by atoms with van der Waals surface area (Å²) in [6.45, 7) is 0. The molecule has 142 valence electrons. The number of amides is 1. The molecule has 0 saturated heterocycles. The van der Waals surface area contributed by atoms with Gasteiger partial charge in [0.05, 0.1) is 24.7 Å². The number of carbonyl (C=O) groups is 1. The number of nitro groups is 1. The molecule has 0 heterocycles. The van der Waals surface area contributed by atoms with Gasteiger partial charge in [0.15, 0.2) is 5.75 Å². The van der Waals surface area contributed by atoms with Crippen molar-refractivity contribution in [3.8, 4) is 11.5 Å². The van der Waals surface area contributed by atoms with Crippen LogP contribution in [0.15, 0.2) is 59.7 Å². The van der Waals surface area contributed by atoms with Crippen LogP contribution in [0.25, 0.3) is 10.8 Å². The topological polar surface area (TPSA) is 114 Å². The summed E-state index contributed by atoms with van der Waals surface area (Å²) in [6, 6.07) is 16.0. The van der Waals surface area contributed by atoms with Gasteiger partial charge in [0.1, 0.15) is 0 Å². The molecule has 8 heteroatoms. The number of ether oxygens (including phenoxy) is 1. The lowest BCUT2D eigenvalue weighted by molar-refractivity contribution is -0.386. The molecule has 0 spiro atoms. The van der Waals surface area contributed by atoms with E-state index >= 15 is 0 Å². The fourth-order valence-corrected chi connectivity index (χ4v) is 2.82. The van der Waals surface area contributed by atoms with E-state index in [1.165, 1.54) is 19.4 Å². The number of aromatic hydroxyl groups is 1. The maximum absolute atomic E-state index is 12.2. The van der Waals surface area contributed by atoms with Crippen LogP contribution in [0.3, 0.4) is 0 Å². The monoisotopic (exact) mass is 379 g/mol. The number of phenolic OH excluding ortho intramolecular Hbond substituents is 1. The predicted molar refractivity (Wildman–Crippen MR) is 105 cm³/mol. The lowest BCUT2D eigenvalue weighted by atomic mass is 10.0. The van der Waals surface area contributed by atoms with E-state index in [1.54, 1.807) is 0 Å². The summed E-state index contributed by atoms with van der Waals surface area (Å²) in [5.41, 5.74) is 3.06. The van der Waals surface area contributed by atoms with Gasteiger partial charge in [-0.1, -0.05) is 42.5 Å². The number of nitro benzene ring substituents is 1. The lowest BCUT2D eigenvalue weighted by Gasteiger charge is -2.06. The highest BCUT2D eigenvalue weighted by atomic mass is 16.6. The molecule has 0 radical (unpaired) electrons. The Hall–Kier alpha value is -3.94. The molecule has 0 saturated carbocycles. The summed E-state index contributed by atoms with van der Waals surface area (Å²) in [4.78, 5) is 22.5. The highest BCUT2D eigenvalue weighted by Crippen LogP contribution is 2.36. The summed E-state index contributed by atoms with van der Waals surface area (Å²) in [5.74, 6) is -0.949. The van der Waals surface area contributed by atoms with Gasteiger partial charge in [-0.2, -0.15) is 5.10 Å². The Morgan fingerprint density at radius 3 is 2.75 bits per heavy atom. The molecular formula is C20H17N3O5. The van der Waals surface area contributed by atoms with Crippen molar-refractivity contribution < 1.29 is 19.6 Å².